The van der Waals surface area contributed by atoms with E-state index in [0.29, 0.717) is 6.61 Å². The van der Waals surface area contributed by atoms with Crippen LogP contribution in [0.4, 0.5) is 5.69 Å². The zero-order chi connectivity index (χ0) is 14.8. The fourth-order valence-corrected chi connectivity index (χ4v) is 2.86. The normalized spacial score (nSPS) is 17.0. The number of carbonyl (C=O) groups is 1. The number of rotatable bonds is 2. The van der Waals surface area contributed by atoms with Gasteiger partial charge in [-0.05, 0) is 36.6 Å². The number of amides is 1. The quantitative estimate of drug-likeness (QED) is 0.845. The lowest BCUT2D eigenvalue weighted by Gasteiger charge is -2.36. The van der Waals surface area contributed by atoms with Crippen molar-refractivity contribution in [2.24, 2.45) is 0 Å². The number of hydrogen-bond donors (Lipinski definition) is 0. The highest BCUT2D eigenvalue weighted by molar-refractivity contribution is 5.94. The summed E-state index contributed by atoms with van der Waals surface area (Å²) in [5, 5.41) is 0. The second-order valence-electron chi connectivity index (χ2n) is 5.51. The van der Waals surface area contributed by atoms with Crippen molar-refractivity contribution in [1.82, 2.24) is 0 Å². The topological polar surface area (TPSA) is 29.5 Å². The van der Waals surface area contributed by atoms with Crippen LogP contribution in [0.1, 0.15) is 18.1 Å². The van der Waals surface area contributed by atoms with Crippen molar-refractivity contribution < 1.29 is 9.53 Å². The van der Waals surface area contributed by atoms with E-state index in [1.807, 2.05) is 48.2 Å². The zero-order valence-electron chi connectivity index (χ0n) is 12.4. The van der Waals surface area contributed by atoms with Gasteiger partial charge in [-0.15, -0.1) is 0 Å². The summed E-state index contributed by atoms with van der Waals surface area (Å²) in [5.74, 6) is 0.860. The lowest BCUT2D eigenvalue weighted by molar-refractivity contribution is -0.117. The number of carbonyl (C=O) groups excluding carboxylic acids is 1. The minimum absolute atomic E-state index is 0.0418. The van der Waals surface area contributed by atoms with Crippen LogP contribution in [-0.2, 0) is 11.2 Å². The van der Waals surface area contributed by atoms with E-state index in [4.69, 9.17) is 4.74 Å². The molecule has 2 aromatic carbocycles. The van der Waals surface area contributed by atoms with Crippen molar-refractivity contribution in [3.8, 4) is 5.75 Å². The third kappa shape index (κ3) is 2.77. The van der Waals surface area contributed by atoms with E-state index in [1.54, 1.807) is 6.92 Å². The fourth-order valence-electron chi connectivity index (χ4n) is 2.86. The molecule has 3 rings (SSSR count). The maximum absolute atomic E-state index is 12.1. The highest BCUT2D eigenvalue weighted by atomic mass is 16.5. The summed E-state index contributed by atoms with van der Waals surface area (Å²) in [6.07, 6.45) is 0.799. The Bertz CT molecular complexity index is 652. The minimum Gasteiger partial charge on any atom is -0.489 e. The molecule has 1 amide bonds. The van der Waals surface area contributed by atoms with Crippen LogP contribution in [0, 0.1) is 6.92 Å². The first kappa shape index (κ1) is 13.7. The predicted octanol–water partition coefficient (Wildman–Crippen LogP) is 3.35. The Morgan fingerprint density at radius 1 is 1.24 bits per heavy atom. The highest BCUT2D eigenvalue weighted by Gasteiger charge is 2.30. The highest BCUT2D eigenvalue weighted by Crippen LogP contribution is 2.35. The van der Waals surface area contributed by atoms with E-state index >= 15 is 0 Å². The number of benzene rings is 2. The van der Waals surface area contributed by atoms with Crippen molar-refractivity contribution in [1.29, 1.82) is 0 Å². The Labute approximate surface area is 125 Å². The second-order valence-corrected chi connectivity index (χ2v) is 5.51. The molecule has 0 saturated heterocycles. The van der Waals surface area contributed by atoms with Crippen molar-refractivity contribution in [2.45, 2.75) is 26.3 Å². The molecule has 1 atom stereocenters. The average molecular weight is 281 g/mol. The van der Waals surface area contributed by atoms with E-state index in [1.165, 1.54) is 5.56 Å². The van der Waals surface area contributed by atoms with Gasteiger partial charge >= 0.3 is 0 Å². The van der Waals surface area contributed by atoms with E-state index < -0.39 is 0 Å². The summed E-state index contributed by atoms with van der Waals surface area (Å²) in [6.45, 7) is 4.18. The molecule has 1 heterocycles. The largest absolute Gasteiger partial charge is 0.489 e. The Morgan fingerprint density at radius 2 is 2.00 bits per heavy atom. The van der Waals surface area contributed by atoms with E-state index in [-0.39, 0.29) is 11.9 Å². The van der Waals surface area contributed by atoms with Gasteiger partial charge in [0.15, 0.2) is 0 Å². The first-order valence-corrected chi connectivity index (χ1v) is 7.22. The van der Waals surface area contributed by atoms with Crippen LogP contribution in [0.3, 0.4) is 0 Å². The van der Waals surface area contributed by atoms with Crippen LogP contribution in [0.25, 0.3) is 0 Å². The van der Waals surface area contributed by atoms with Crippen LogP contribution >= 0.6 is 0 Å². The SMILES string of the molecule is CC(=O)N1c2ccc(C)cc2OC[C@@H]1Cc1ccccc1. The summed E-state index contributed by atoms with van der Waals surface area (Å²) in [7, 11) is 0. The summed E-state index contributed by atoms with van der Waals surface area (Å²) in [6, 6.07) is 16.2. The number of hydrogen-bond acceptors (Lipinski definition) is 2. The molecule has 0 aromatic heterocycles. The third-order valence-electron chi connectivity index (χ3n) is 3.82. The summed E-state index contributed by atoms with van der Waals surface area (Å²) in [4.78, 5) is 14.0. The molecule has 0 aliphatic carbocycles. The second kappa shape index (κ2) is 5.60. The molecular weight excluding hydrogens is 262 g/mol. The number of aryl methyl sites for hydroxylation is 1. The van der Waals surface area contributed by atoms with Gasteiger partial charge in [0, 0.05) is 6.92 Å². The van der Waals surface area contributed by atoms with Crippen LogP contribution in [0.2, 0.25) is 0 Å². The summed E-state index contributed by atoms with van der Waals surface area (Å²) >= 11 is 0. The first-order valence-electron chi connectivity index (χ1n) is 7.22. The molecule has 0 unspecified atom stereocenters. The third-order valence-corrected chi connectivity index (χ3v) is 3.82. The van der Waals surface area contributed by atoms with Gasteiger partial charge in [-0.1, -0.05) is 36.4 Å². The molecule has 0 radical (unpaired) electrons. The molecule has 1 aliphatic rings. The molecule has 0 spiro atoms. The number of ether oxygens (including phenoxy) is 1. The Hall–Kier alpha value is -2.29. The maximum Gasteiger partial charge on any atom is 0.224 e. The molecule has 0 bridgehead atoms. The van der Waals surface area contributed by atoms with Crippen LogP contribution in [0.15, 0.2) is 48.5 Å². The van der Waals surface area contributed by atoms with Gasteiger partial charge in [0.25, 0.3) is 0 Å². The minimum atomic E-state index is 0.0418. The molecular formula is C18H19NO2. The molecule has 1 aliphatic heterocycles. The van der Waals surface area contributed by atoms with E-state index in [0.717, 1.165) is 23.4 Å². The predicted molar refractivity (Wildman–Crippen MR) is 83.8 cm³/mol. The summed E-state index contributed by atoms with van der Waals surface area (Å²) in [5.41, 5.74) is 3.23. The van der Waals surface area contributed by atoms with Gasteiger partial charge in [0.2, 0.25) is 5.91 Å². The first-order chi connectivity index (χ1) is 10.1. The molecule has 108 valence electrons. The van der Waals surface area contributed by atoms with Gasteiger partial charge in [-0.2, -0.15) is 0 Å². The summed E-state index contributed by atoms with van der Waals surface area (Å²) < 4.78 is 5.88. The standard InChI is InChI=1S/C18H19NO2/c1-13-8-9-17-18(10-13)21-12-16(19(17)14(2)20)11-15-6-4-3-5-7-15/h3-10,16H,11-12H2,1-2H3/t16-/m0/s1. The molecule has 3 nitrogen and oxygen atoms in total. The molecule has 0 fully saturated rings. The smallest absolute Gasteiger partial charge is 0.224 e. The van der Waals surface area contributed by atoms with Gasteiger partial charge < -0.3 is 9.64 Å². The van der Waals surface area contributed by atoms with Crippen LogP contribution < -0.4 is 9.64 Å². The number of anilines is 1. The van der Waals surface area contributed by atoms with Crippen LogP contribution in [-0.4, -0.2) is 18.6 Å². The van der Waals surface area contributed by atoms with Crippen molar-refractivity contribution in [3.05, 3.63) is 59.7 Å². The van der Waals surface area contributed by atoms with Crippen LogP contribution in [0.5, 0.6) is 5.75 Å². The maximum atomic E-state index is 12.1. The Morgan fingerprint density at radius 3 is 2.71 bits per heavy atom. The van der Waals surface area contributed by atoms with Gasteiger partial charge in [-0.3, -0.25) is 4.79 Å². The van der Waals surface area contributed by atoms with E-state index in [2.05, 4.69) is 12.1 Å². The van der Waals surface area contributed by atoms with Gasteiger partial charge in [0.1, 0.15) is 12.4 Å². The molecule has 3 heteroatoms. The monoisotopic (exact) mass is 281 g/mol. The molecule has 21 heavy (non-hydrogen) atoms. The van der Waals surface area contributed by atoms with Crippen molar-refractivity contribution in [3.63, 3.8) is 0 Å². The molecule has 0 saturated carbocycles. The average Bonchev–Trinajstić information content (AvgIpc) is 2.48. The van der Waals surface area contributed by atoms with Gasteiger partial charge in [-0.25, -0.2) is 0 Å². The fraction of sp³-hybridized carbons (Fsp3) is 0.278. The number of nitrogens with zero attached hydrogens (tertiary/aromatic N) is 1. The zero-order valence-corrected chi connectivity index (χ0v) is 12.4. The lowest BCUT2D eigenvalue weighted by Crippen LogP contribution is -2.47. The van der Waals surface area contributed by atoms with Crippen molar-refractivity contribution in [2.75, 3.05) is 11.5 Å². The van der Waals surface area contributed by atoms with Crippen molar-refractivity contribution >= 4 is 11.6 Å². The Kier molecular flexibility index (Phi) is 3.65. The van der Waals surface area contributed by atoms with Gasteiger partial charge in [0.05, 0.1) is 11.7 Å². The molecule has 0 N–H and O–H groups in total. The lowest BCUT2D eigenvalue weighted by atomic mass is 10.0. The Balaban J connectivity index is 1.92. The molecule has 2 aromatic rings. The van der Waals surface area contributed by atoms with E-state index in [9.17, 15) is 4.79 Å². The number of fused-ring (bicyclic) bond motifs is 1.